The van der Waals surface area contributed by atoms with Crippen LogP contribution in [0.1, 0.15) is 48.0 Å². The Bertz CT molecular complexity index is 1170. The van der Waals surface area contributed by atoms with Crippen LogP contribution in [-0.4, -0.2) is 46.2 Å². The Labute approximate surface area is 188 Å². The first-order valence-corrected chi connectivity index (χ1v) is 12.1. The topological polar surface area (TPSA) is 95.7 Å². The van der Waals surface area contributed by atoms with E-state index in [1.165, 1.54) is 19.2 Å². The van der Waals surface area contributed by atoms with Gasteiger partial charge in [0.1, 0.15) is 28.4 Å². The lowest BCUT2D eigenvalue weighted by molar-refractivity contribution is 0.0964. The van der Waals surface area contributed by atoms with Crippen LogP contribution in [0.15, 0.2) is 34.7 Å². The van der Waals surface area contributed by atoms with Crippen molar-refractivity contribution in [2.24, 2.45) is 0 Å². The molecule has 2 aromatic heterocycles. The number of benzene rings is 1. The molecule has 32 heavy (non-hydrogen) atoms. The monoisotopic (exact) mass is 459 g/mol. The lowest BCUT2D eigenvalue weighted by atomic mass is 10.0. The first-order chi connectivity index (χ1) is 15.3. The van der Waals surface area contributed by atoms with Crippen molar-refractivity contribution in [2.45, 2.75) is 38.2 Å². The van der Waals surface area contributed by atoms with E-state index in [1.54, 1.807) is 29.6 Å². The number of rotatable bonds is 8. The van der Waals surface area contributed by atoms with Gasteiger partial charge in [-0.25, -0.2) is 8.60 Å². The molecule has 1 saturated carbocycles. The van der Waals surface area contributed by atoms with Crippen LogP contribution < -0.4 is 9.62 Å². The highest BCUT2D eigenvalue weighted by atomic mass is 32.2. The zero-order chi connectivity index (χ0) is 23.0. The predicted octanol–water partition coefficient (Wildman–Crippen LogP) is 3.74. The number of aliphatic hydroxyl groups is 1. The number of furan rings is 1. The van der Waals surface area contributed by atoms with Gasteiger partial charge in [-0.1, -0.05) is 0 Å². The molecule has 170 valence electrons. The minimum absolute atomic E-state index is 0.245. The van der Waals surface area contributed by atoms with E-state index in [-0.39, 0.29) is 23.4 Å². The zero-order valence-corrected chi connectivity index (χ0v) is 19.0. The van der Waals surface area contributed by atoms with Crippen LogP contribution in [0.2, 0.25) is 0 Å². The normalized spacial score (nSPS) is 15.5. The number of anilines is 1. The van der Waals surface area contributed by atoms with Crippen LogP contribution in [0.4, 0.5) is 10.2 Å². The molecule has 2 unspecified atom stereocenters. The lowest BCUT2D eigenvalue weighted by Gasteiger charge is -2.23. The maximum atomic E-state index is 13.5. The van der Waals surface area contributed by atoms with Crippen LogP contribution in [-0.2, 0) is 11.0 Å². The molecule has 2 heterocycles. The molecule has 1 aliphatic carbocycles. The van der Waals surface area contributed by atoms with Gasteiger partial charge in [0.15, 0.2) is 0 Å². The van der Waals surface area contributed by atoms with Crippen molar-refractivity contribution in [3.05, 3.63) is 47.3 Å². The largest absolute Gasteiger partial charge is 0.437 e. The predicted molar refractivity (Wildman–Crippen MR) is 122 cm³/mol. The molecule has 4 rings (SSSR count). The molecule has 1 aliphatic rings. The fraction of sp³-hybridized carbons (Fsp3) is 0.391. The number of aromatic nitrogens is 1. The highest BCUT2D eigenvalue weighted by Crippen LogP contribution is 2.46. The summed E-state index contributed by atoms with van der Waals surface area (Å²) >= 11 is 0. The van der Waals surface area contributed by atoms with Gasteiger partial charge in [0.2, 0.25) is 5.71 Å². The molecule has 2 atom stereocenters. The maximum absolute atomic E-state index is 13.5. The SMILES string of the molecule is CNC(=O)c1c(-c2ccc(F)cc2)oc2nc(N(CCC(C)O)S(C)=O)c(C3CC3)cc12. The average Bonchev–Trinajstić information content (AvgIpc) is 3.53. The van der Waals surface area contributed by atoms with Crippen LogP contribution in [0.5, 0.6) is 0 Å². The number of carbonyl (C=O) groups is 1. The molecule has 7 nitrogen and oxygen atoms in total. The van der Waals surface area contributed by atoms with Crippen LogP contribution in [0.25, 0.3) is 22.4 Å². The standard InChI is InChI=1S/C23H26FN3O4S/c1-13(28)10-11-27(32(3)30)21-17(14-4-5-14)12-18-19(22(29)25-2)20(31-23(18)26-21)15-6-8-16(24)9-7-15/h6-9,12-14,28H,4-5,10-11H2,1-3H3,(H,25,29). The molecule has 0 radical (unpaired) electrons. The fourth-order valence-electron chi connectivity index (χ4n) is 3.74. The van der Waals surface area contributed by atoms with Gasteiger partial charge in [0, 0.05) is 25.4 Å². The highest BCUT2D eigenvalue weighted by Gasteiger charge is 2.33. The molecular weight excluding hydrogens is 433 g/mol. The third-order valence-corrected chi connectivity index (χ3v) is 6.54. The Balaban J connectivity index is 1.92. The summed E-state index contributed by atoms with van der Waals surface area (Å²) in [6.07, 6.45) is 3.44. The summed E-state index contributed by atoms with van der Waals surface area (Å²) in [4.78, 5) is 17.5. The molecule has 2 N–H and O–H groups in total. The first kappa shape index (κ1) is 22.4. The van der Waals surface area contributed by atoms with Crippen molar-refractivity contribution in [3.63, 3.8) is 0 Å². The van der Waals surface area contributed by atoms with Crippen LogP contribution >= 0.6 is 0 Å². The van der Waals surface area contributed by atoms with Gasteiger partial charge in [-0.15, -0.1) is 0 Å². The number of fused-ring (bicyclic) bond motifs is 1. The molecule has 0 saturated heterocycles. The van der Waals surface area contributed by atoms with Crippen molar-refractivity contribution in [2.75, 3.05) is 24.2 Å². The second-order valence-corrected chi connectivity index (χ2v) is 9.37. The average molecular weight is 460 g/mol. The summed E-state index contributed by atoms with van der Waals surface area (Å²) in [5, 5.41) is 12.9. The Hall–Kier alpha value is -2.78. The van der Waals surface area contributed by atoms with Gasteiger partial charge >= 0.3 is 0 Å². The van der Waals surface area contributed by atoms with Crippen LogP contribution in [0.3, 0.4) is 0 Å². The van der Waals surface area contributed by atoms with E-state index in [0.29, 0.717) is 41.1 Å². The quantitative estimate of drug-likeness (QED) is 0.535. The van der Waals surface area contributed by atoms with Gasteiger partial charge in [-0.3, -0.25) is 9.10 Å². The molecule has 9 heteroatoms. The van der Waals surface area contributed by atoms with Crippen molar-refractivity contribution in [1.29, 1.82) is 0 Å². The van der Waals surface area contributed by atoms with E-state index in [4.69, 9.17) is 9.40 Å². The molecule has 0 bridgehead atoms. The first-order valence-electron chi connectivity index (χ1n) is 10.5. The van der Waals surface area contributed by atoms with E-state index in [9.17, 15) is 18.5 Å². The van der Waals surface area contributed by atoms with Gasteiger partial charge in [-0.2, -0.15) is 4.98 Å². The van der Waals surface area contributed by atoms with Gasteiger partial charge in [0.25, 0.3) is 5.91 Å². The number of aliphatic hydroxyl groups excluding tert-OH is 1. The number of amides is 1. The van der Waals surface area contributed by atoms with E-state index < -0.39 is 17.1 Å². The number of halogens is 1. The maximum Gasteiger partial charge on any atom is 0.255 e. The highest BCUT2D eigenvalue weighted by molar-refractivity contribution is 7.85. The second kappa shape index (κ2) is 8.99. The number of nitrogens with zero attached hydrogens (tertiary/aromatic N) is 2. The molecule has 0 aliphatic heterocycles. The fourth-order valence-corrected chi connectivity index (χ4v) is 4.49. The minimum atomic E-state index is -1.36. The Morgan fingerprint density at radius 2 is 2.06 bits per heavy atom. The Morgan fingerprint density at radius 3 is 2.62 bits per heavy atom. The van der Waals surface area contributed by atoms with Crippen molar-refractivity contribution in [1.82, 2.24) is 10.3 Å². The van der Waals surface area contributed by atoms with Crippen molar-refractivity contribution in [3.8, 4) is 11.3 Å². The third kappa shape index (κ3) is 4.40. The molecule has 0 spiro atoms. The van der Waals surface area contributed by atoms with E-state index in [1.807, 2.05) is 6.07 Å². The van der Waals surface area contributed by atoms with Crippen molar-refractivity contribution >= 4 is 33.8 Å². The number of nitrogens with one attached hydrogen (secondary N) is 1. The number of hydrogen-bond acceptors (Lipinski definition) is 5. The molecule has 3 aromatic rings. The lowest BCUT2D eigenvalue weighted by Crippen LogP contribution is -2.29. The molecule has 1 fully saturated rings. The molecular formula is C23H26FN3O4S. The minimum Gasteiger partial charge on any atom is -0.437 e. The van der Waals surface area contributed by atoms with Crippen molar-refractivity contribution < 1.29 is 22.9 Å². The molecule has 1 amide bonds. The molecule has 1 aromatic carbocycles. The third-order valence-electron chi connectivity index (χ3n) is 5.57. The number of carbonyl (C=O) groups excluding carboxylic acids is 1. The van der Waals surface area contributed by atoms with Crippen LogP contribution in [0, 0.1) is 5.82 Å². The summed E-state index contributed by atoms with van der Waals surface area (Å²) in [7, 11) is 0.176. The number of pyridine rings is 1. The summed E-state index contributed by atoms with van der Waals surface area (Å²) in [6.45, 7) is 2.05. The van der Waals surface area contributed by atoms with E-state index >= 15 is 0 Å². The Morgan fingerprint density at radius 1 is 1.38 bits per heavy atom. The van der Waals surface area contributed by atoms with Gasteiger partial charge in [-0.05, 0) is 68.0 Å². The smallest absolute Gasteiger partial charge is 0.255 e. The zero-order valence-electron chi connectivity index (χ0n) is 18.2. The summed E-state index contributed by atoms with van der Waals surface area (Å²) in [6, 6.07) is 7.63. The van der Waals surface area contributed by atoms with Gasteiger partial charge < -0.3 is 14.8 Å². The number of hydrogen-bond donors (Lipinski definition) is 2. The summed E-state index contributed by atoms with van der Waals surface area (Å²) in [5.41, 5.74) is 2.05. The van der Waals surface area contributed by atoms with E-state index in [0.717, 1.165) is 18.4 Å². The van der Waals surface area contributed by atoms with E-state index in [2.05, 4.69) is 5.32 Å². The summed E-state index contributed by atoms with van der Waals surface area (Å²) < 4.78 is 33.7. The second-order valence-electron chi connectivity index (χ2n) is 8.08. The Kier molecular flexibility index (Phi) is 6.30. The van der Waals surface area contributed by atoms with Gasteiger partial charge in [0.05, 0.1) is 17.1 Å². The summed E-state index contributed by atoms with van der Waals surface area (Å²) in [5.74, 6) is 0.399.